The summed E-state index contributed by atoms with van der Waals surface area (Å²) < 4.78 is 10.7. The second-order valence-corrected chi connectivity index (χ2v) is 5.23. The normalized spacial score (nSPS) is 10.9. The fourth-order valence-corrected chi connectivity index (χ4v) is 2.09. The highest BCUT2D eigenvalue weighted by Crippen LogP contribution is 2.29. The van der Waals surface area contributed by atoms with Crippen molar-refractivity contribution in [2.24, 2.45) is 5.10 Å². The average molecular weight is 324 g/mol. The molecule has 0 atom stereocenters. The summed E-state index contributed by atoms with van der Waals surface area (Å²) in [7, 11) is 1.34. The number of carbonyl (C=O) groups is 1. The van der Waals surface area contributed by atoms with Crippen LogP contribution in [0.25, 0.3) is 5.57 Å². The first-order valence-electron chi connectivity index (χ1n) is 7.40. The van der Waals surface area contributed by atoms with Crippen LogP contribution >= 0.6 is 0 Å². The number of nitrogens with zero attached hydrogens (tertiary/aromatic N) is 1. The predicted molar refractivity (Wildman–Crippen MR) is 95.4 cm³/mol. The van der Waals surface area contributed by atoms with Gasteiger partial charge in [-0.1, -0.05) is 23.8 Å². The number of hydrazone groups is 1. The second kappa shape index (κ2) is 7.97. The Bertz CT molecular complexity index is 765. The number of ether oxygens (including phenoxy) is 2. The van der Waals surface area contributed by atoms with Crippen LogP contribution < -0.4 is 10.2 Å². The van der Waals surface area contributed by atoms with Gasteiger partial charge in [-0.3, -0.25) is 5.43 Å². The van der Waals surface area contributed by atoms with Crippen molar-refractivity contribution >= 4 is 18.3 Å². The van der Waals surface area contributed by atoms with Crippen LogP contribution in [0.4, 0.5) is 0 Å². The first-order chi connectivity index (χ1) is 11.5. The third-order valence-electron chi connectivity index (χ3n) is 3.46. The molecular formula is C19H20N2O3. The standard InChI is InChI=1S/C19H20N2O3/c1-13-5-8-16(9-6-13)24-18-10-7-15(14(2)12-21-20-3)11-17(18)19(22)23-4/h5-12,21H,3H2,1-2,4H3/b14-12+. The van der Waals surface area contributed by atoms with E-state index in [1.54, 1.807) is 18.3 Å². The Balaban J connectivity index is 2.38. The summed E-state index contributed by atoms with van der Waals surface area (Å²) >= 11 is 0. The first kappa shape index (κ1) is 17.3. The highest BCUT2D eigenvalue weighted by molar-refractivity contribution is 5.93. The molecule has 0 radical (unpaired) electrons. The second-order valence-electron chi connectivity index (χ2n) is 5.23. The van der Waals surface area contributed by atoms with Crippen molar-refractivity contribution in [1.29, 1.82) is 0 Å². The number of rotatable bonds is 6. The largest absolute Gasteiger partial charge is 0.465 e. The molecule has 2 aromatic rings. The van der Waals surface area contributed by atoms with E-state index in [4.69, 9.17) is 9.47 Å². The summed E-state index contributed by atoms with van der Waals surface area (Å²) in [6, 6.07) is 13.0. The summed E-state index contributed by atoms with van der Waals surface area (Å²) in [4.78, 5) is 12.1. The van der Waals surface area contributed by atoms with E-state index < -0.39 is 5.97 Å². The molecule has 24 heavy (non-hydrogen) atoms. The lowest BCUT2D eigenvalue weighted by Gasteiger charge is -2.12. The molecule has 5 heteroatoms. The van der Waals surface area contributed by atoms with Crippen molar-refractivity contribution in [3.63, 3.8) is 0 Å². The van der Waals surface area contributed by atoms with Crippen molar-refractivity contribution in [2.75, 3.05) is 7.11 Å². The summed E-state index contributed by atoms with van der Waals surface area (Å²) in [6.07, 6.45) is 1.70. The minimum atomic E-state index is -0.457. The lowest BCUT2D eigenvalue weighted by Crippen LogP contribution is -2.05. The van der Waals surface area contributed by atoms with Gasteiger partial charge in [0.2, 0.25) is 0 Å². The van der Waals surface area contributed by atoms with Gasteiger partial charge in [0.25, 0.3) is 0 Å². The molecule has 0 aliphatic heterocycles. The summed E-state index contributed by atoms with van der Waals surface area (Å²) in [5, 5.41) is 3.56. The van der Waals surface area contributed by atoms with Gasteiger partial charge in [0.15, 0.2) is 0 Å². The molecule has 0 spiro atoms. The van der Waals surface area contributed by atoms with E-state index in [2.05, 4.69) is 17.2 Å². The Kier molecular flexibility index (Phi) is 5.73. The zero-order valence-corrected chi connectivity index (χ0v) is 14.0. The molecule has 0 bridgehead atoms. The van der Waals surface area contributed by atoms with E-state index in [1.165, 1.54) is 7.11 Å². The topological polar surface area (TPSA) is 59.9 Å². The fourth-order valence-electron chi connectivity index (χ4n) is 2.09. The van der Waals surface area contributed by atoms with Crippen LogP contribution in [0.2, 0.25) is 0 Å². The third kappa shape index (κ3) is 4.23. The van der Waals surface area contributed by atoms with E-state index in [1.807, 2.05) is 44.2 Å². The van der Waals surface area contributed by atoms with Crippen LogP contribution in [0.15, 0.2) is 53.8 Å². The molecule has 0 unspecified atom stereocenters. The minimum Gasteiger partial charge on any atom is -0.465 e. The van der Waals surface area contributed by atoms with Gasteiger partial charge in [-0.05, 0) is 49.2 Å². The molecular weight excluding hydrogens is 304 g/mol. The van der Waals surface area contributed by atoms with Crippen LogP contribution in [0.1, 0.15) is 28.4 Å². The Morgan fingerprint density at radius 2 is 1.92 bits per heavy atom. The summed E-state index contributed by atoms with van der Waals surface area (Å²) in [5.74, 6) is 0.641. The van der Waals surface area contributed by atoms with Gasteiger partial charge in [0.05, 0.1) is 7.11 Å². The number of benzene rings is 2. The number of allylic oxidation sites excluding steroid dienone is 1. The summed E-state index contributed by atoms with van der Waals surface area (Å²) in [6.45, 7) is 7.25. The van der Waals surface area contributed by atoms with Gasteiger partial charge in [0.1, 0.15) is 17.1 Å². The SMILES string of the molecule is C=NN/C=C(\C)c1ccc(Oc2ccc(C)cc2)c(C(=O)OC)c1. The zero-order valence-electron chi connectivity index (χ0n) is 14.0. The molecule has 0 aliphatic rings. The summed E-state index contributed by atoms with van der Waals surface area (Å²) in [5.41, 5.74) is 5.91. The molecule has 0 saturated heterocycles. The number of hydrogen-bond acceptors (Lipinski definition) is 5. The Morgan fingerprint density at radius 1 is 1.21 bits per heavy atom. The van der Waals surface area contributed by atoms with E-state index in [-0.39, 0.29) is 0 Å². The van der Waals surface area contributed by atoms with E-state index in [0.29, 0.717) is 17.1 Å². The fraction of sp³-hybridized carbons (Fsp3) is 0.158. The smallest absolute Gasteiger partial charge is 0.341 e. The van der Waals surface area contributed by atoms with Gasteiger partial charge in [-0.2, -0.15) is 5.10 Å². The van der Waals surface area contributed by atoms with Gasteiger partial charge >= 0.3 is 5.97 Å². The zero-order chi connectivity index (χ0) is 17.5. The van der Waals surface area contributed by atoms with Crippen LogP contribution in [0.3, 0.4) is 0 Å². The number of nitrogens with one attached hydrogen (secondary N) is 1. The highest BCUT2D eigenvalue weighted by Gasteiger charge is 2.15. The monoisotopic (exact) mass is 324 g/mol. The van der Waals surface area contributed by atoms with Gasteiger partial charge in [0, 0.05) is 12.9 Å². The van der Waals surface area contributed by atoms with Crippen LogP contribution in [-0.4, -0.2) is 19.8 Å². The van der Waals surface area contributed by atoms with Crippen molar-refractivity contribution in [3.8, 4) is 11.5 Å². The molecule has 0 aromatic heterocycles. The lowest BCUT2D eigenvalue weighted by molar-refractivity contribution is 0.0598. The third-order valence-corrected chi connectivity index (χ3v) is 3.46. The van der Waals surface area contributed by atoms with E-state index >= 15 is 0 Å². The average Bonchev–Trinajstić information content (AvgIpc) is 2.61. The number of methoxy groups -OCH3 is 1. The van der Waals surface area contributed by atoms with E-state index in [9.17, 15) is 4.79 Å². The van der Waals surface area contributed by atoms with Gasteiger partial charge in [-0.25, -0.2) is 4.79 Å². The van der Waals surface area contributed by atoms with Crippen molar-refractivity contribution in [2.45, 2.75) is 13.8 Å². The van der Waals surface area contributed by atoms with Crippen LogP contribution in [0.5, 0.6) is 11.5 Å². The maximum absolute atomic E-state index is 12.1. The molecule has 0 heterocycles. The maximum atomic E-state index is 12.1. The molecule has 0 saturated carbocycles. The van der Waals surface area contributed by atoms with Gasteiger partial charge in [-0.15, -0.1) is 0 Å². The number of aryl methyl sites for hydroxylation is 1. The Labute approximate surface area is 141 Å². The molecule has 2 rings (SSSR count). The van der Waals surface area contributed by atoms with Crippen molar-refractivity contribution < 1.29 is 14.3 Å². The van der Waals surface area contributed by atoms with Crippen molar-refractivity contribution in [3.05, 3.63) is 65.4 Å². The van der Waals surface area contributed by atoms with E-state index in [0.717, 1.165) is 16.7 Å². The Hall–Kier alpha value is -3.08. The quantitative estimate of drug-likeness (QED) is 0.493. The molecule has 2 aromatic carbocycles. The van der Waals surface area contributed by atoms with Crippen LogP contribution in [0, 0.1) is 6.92 Å². The number of carbonyl (C=O) groups excluding carboxylic acids is 1. The molecule has 0 amide bonds. The minimum absolute atomic E-state index is 0.356. The number of hydrogen-bond donors (Lipinski definition) is 1. The van der Waals surface area contributed by atoms with Gasteiger partial charge < -0.3 is 9.47 Å². The molecule has 0 fully saturated rings. The Morgan fingerprint density at radius 3 is 2.54 bits per heavy atom. The molecule has 5 nitrogen and oxygen atoms in total. The molecule has 1 N–H and O–H groups in total. The lowest BCUT2D eigenvalue weighted by atomic mass is 10.0. The highest BCUT2D eigenvalue weighted by atomic mass is 16.5. The predicted octanol–water partition coefficient (Wildman–Crippen LogP) is 4.14. The number of esters is 1. The molecule has 124 valence electrons. The molecule has 0 aliphatic carbocycles. The van der Waals surface area contributed by atoms with Crippen molar-refractivity contribution in [1.82, 2.24) is 5.43 Å². The maximum Gasteiger partial charge on any atom is 0.341 e. The first-order valence-corrected chi connectivity index (χ1v) is 7.40. The van der Waals surface area contributed by atoms with Crippen LogP contribution in [-0.2, 0) is 4.74 Å².